The molecule has 1 N–H and O–H groups in total. The quantitative estimate of drug-likeness (QED) is 0.705. The molecular weight excluding hydrogens is 194 g/mol. The number of para-hydroxylation sites is 1. The van der Waals surface area contributed by atoms with Crippen LogP contribution in [0.2, 0.25) is 0 Å². The Kier molecular flexibility index (Phi) is 3.43. The van der Waals surface area contributed by atoms with E-state index in [1.807, 2.05) is 25.2 Å². The Labute approximate surface area is 89.0 Å². The first-order chi connectivity index (χ1) is 6.70. The van der Waals surface area contributed by atoms with Gasteiger partial charge in [-0.3, -0.25) is 0 Å². The number of rotatable bonds is 1. The molecule has 1 aromatic carbocycles. The molecule has 4 heteroatoms. The number of benzene rings is 1. The zero-order chi connectivity index (χ0) is 10.6. The van der Waals surface area contributed by atoms with E-state index < -0.39 is 0 Å². The van der Waals surface area contributed by atoms with E-state index in [9.17, 15) is 0 Å². The van der Waals surface area contributed by atoms with E-state index in [4.69, 9.17) is 17.5 Å². The molecule has 0 fully saturated rings. The maximum absolute atomic E-state index is 8.88. The summed E-state index contributed by atoms with van der Waals surface area (Å²) < 4.78 is 0. The van der Waals surface area contributed by atoms with Crippen LogP contribution in [0.1, 0.15) is 5.56 Å². The Morgan fingerprint density at radius 2 is 2.14 bits per heavy atom. The van der Waals surface area contributed by atoms with Crippen molar-refractivity contribution >= 4 is 23.0 Å². The minimum Gasteiger partial charge on any atom is -0.365 e. The Bertz CT molecular complexity index is 381. The zero-order valence-electron chi connectivity index (χ0n) is 8.11. The number of hydrogen-bond acceptors (Lipinski definition) is 2. The average molecular weight is 205 g/mol. The molecule has 0 saturated carbocycles. The monoisotopic (exact) mass is 205 g/mol. The summed E-state index contributed by atoms with van der Waals surface area (Å²) in [4.78, 5) is 1.77. The molecule has 0 unspecified atom stereocenters. The fourth-order valence-corrected chi connectivity index (χ4v) is 1.24. The summed E-state index contributed by atoms with van der Waals surface area (Å²) in [6, 6.07) is 9.47. The number of nitriles is 1. The van der Waals surface area contributed by atoms with Gasteiger partial charge in [-0.1, -0.05) is 12.1 Å². The highest BCUT2D eigenvalue weighted by Crippen LogP contribution is 2.17. The first-order valence-corrected chi connectivity index (χ1v) is 4.56. The highest BCUT2D eigenvalue weighted by Gasteiger charge is 2.08. The van der Waals surface area contributed by atoms with Crippen LogP contribution in [-0.4, -0.2) is 19.2 Å². The molecule has 0 aliphatic rings. The largest absolute Gasteiger partial charge is 0.365 e. The summed E-state index contributed by atoms with van der Waals surface area (Å²) in [5.41, 5.74) is 1.43. The predicted molar refractivity (Wildman–Crippen MR) is 61.2 cm³/mol. The molecule has 72 valence electrons. The Balaban J connectivity index is 3.07. The minimum absolute atomic E-state index is 0.590. The van der Waals surface area contributed by atoms with E-state index in [1.165, 1.54) is 0 Å². The summed E-state index contributed by atoms with van der Waals surface area (Å²) in [7, 11) is 3.59. The normalized spacial score (nSPS) is 8.93. The standard InChI is InChI=1S/C10H11N3S/c1-12-10(14)13(2)9-6-4-3-5-8(9)7-11/h3-6H,1-2H3,(H,12,14). The molecule has 0 aromatic heterocycles. The van der Waals surface area contributed by atoms with Crippen LogP contribution < -0.4 is 10.2 Å². The smallest absolute Gasteiger partial charge is 0.172 e. The van der Waals surface area contributed by atoms with Crippen molar-refractivity contribution in [2.75, 3.05) is 19.0 Å². The molecule has 3 nitrogen and oxygen atoms in total. The summed E-state index contributed by atoms with van der Waals surface area (Å²) in [5.74, 6) is 0. The lowest BCUT2D eigenvalue weighted by atomic mass is 10.2. The van der Waals surface area contributed by atoms with Crippen LogP contribution in [0.25, 0.3) is 0 Å². The summed E-state index contributed by atoms with van der Waals surface area (Å²) in [6.07, 6.45) is 0. The van der Waals surface area contributed by atoms with Gasteiger partial charge in [0.25, 0.3) is 0 Å². The van der Waals surface area contributed by atoms with Crippen LogP contribution in [0.3, 0.4) is 0 Å². The molecule has 14 heavy (non-hydrogen) atoms. The van der Waals surface area contributed by atoms with Crippen LogP contribution in [0.5, 0.6) is 0 Å². The van der Waals surface area contributed by atoms with E-state index in [0.29, 0.717) is 10.7 Å². The number of nitrogens with zero attached hydrogens (tertiary/aromatic N) is 2. The van der Waals surface area contributed by atoms with Crippen LogP contribution >= 0.6 is 12.2 Å². The van der Waals surface area contributed by atoms with Gasteiger partial charge in [0.1, 0.15) is 6.07 Å². The topological polar surface area (TPSA) is 39.1 Å². The van der Waals surface area contributed by atoms with Crippen molar-refractivity contribution in [3.05, 3.63) is 29.8 Å². The SMILES string of the molecule is CNC(=S)N(C)c1ccccc1C#N. The number of hydrogen-bond donors (Lipinski definition) is 1. The van der Waals surface area contributed by atoms with Gasteiger partial charge < -0.3 is 10.2 Å². The second kappa shape index (κ2) is 4.58. The van der Waals surface area contributed by atoms with E-state index >= 15 is 0 Å². The van der Waals surface area contributed by atoms with Crippen LogP contribution in [0, 0.1) is 11.3 Å². The lowest BCUT2D eigenvalue weighted by Gasteiger charge is -2.20. The van der Waals surface area contributed by atoms with Crippen molar-refractivity contribution in [2.45, 2.75) is 0 Å². The number of nitrogens with one attached hydrogen (secondary N) is 1. The highest BCUT2D eigenvalue weighted by molar-refractivity contribution is 7.80. The third-order valence-corrected chi connectivity index (χ3v) is 2.38. The zero-order valence-corrected chi connectivity index (χ0v) is 8.93. The molecule has 0 heterocycles. The van der Waals surface area contributed by atoms with Gasteiger partial charge in [0.05, 0.1) is 11.3 Å². The van der Waals surface area contributed by atoms with Crippen molar-refractivity contribution in [1.82, 2.24) is 5.32 Å². The van der Waals surface area contributed by atoms with Gasteiger partial charge in [-0.15, -0.1) is 0 Å². The van der Waals surface area contributed by atoms with E-state index in [1.54, 1.807) is 18.0 Å². The second-order valence-electron chi connectivity index (χ2n) is 2.74. The van der Waals surface area contributed by atoms with Crippen molar-refractivity contribution in [3.8, 4) is 6.07 Å². The summed E-state index contributed by atoms with van der Waals surface area (Å²) in [5, 5.41) is 12.3. The Morgan fingerprint density at radius 1 is 1.50 bits per heavy atom. The van der Waals surface area contributed by atoms with Gasteiger partial charge in [-0.25, -0.2) is 0 Å². The molecule has 0 atom stereocenters. The van der Waals surface area contributed by atoms with Crippen LogP contribution in [0.15, 0.2) is 24.3 Å². The molecule has 0 spiro atoms. The first-order valence-electron chi connectivity index (χ1n) is 4.15. The molecule has 0 saturated heterocycles. The summed E-state index contributed by atoms with van der Waals surface area (Å²) in [6.45, 7) is 0. The Hall–Kier alpha value is -1.60. The van der Waals surface area contributed by atoms with Gasteiger partial charge in [-0.2, -0.15) is 5.26 Å². The average Bonchev–Trinajstić information content (AvgIpc) is 2.26. The van der Waals surface area contributed by atoms with Gasteiger partial charge in [0.2, 0.25) is 0 Å². The minimum atomic E-state index is 0.590. The van der Waals surface area contributed by atoms with E-state index in [0.717, 1.165) is 5.69 Å². The van der Waals surface area contributed by atoms with Crippen molar-refractivity contribution in [3.63, 3.8) is 0 Å². The molecule has 0 aliphatic carbocycles. The third-order valence-electron chi connectivity index (χ3n) is 1.90. The fourth-order valence-electron chi connectivity index (χ4n) is 1.14. The Morgan fingerprint density at radius 3 is 2.71 bits per heavy atom. The van der Waals surface area contributed by atoms with Crippen LogP contribution in [0.4, 0.5) is 5.69 Å². The third kappa shape index (κ3) is 2.01. The molecule has 0 bridgehead atoms. The lowest BCUT2D eigenvalue weighted by molar-refractivity contribution is 1.11. The van der Waals surface area contributed by atoms with Gasteiger partial charge in [0, 0.05) is 14.1 Å². The molecular formula is C10H11N3S. The predicted octanol–water partition coefficient (Wildman–Crippen LogP) is 1.50. The molecule has 1 rings (SSSR count). The molecule has 0 aliphatic heterocycles. The van der Waals surface area contributed by atoms with Crippen molar-refractivity contribution < 1.29 is 0 Å². The van der Waals surface area contributed by atoms with Crippen molar-refractivity contribution in [1.29, 1.82) is 5.26 Å². The molecule has 1 aromatic rings. The first kappa shape index (κ1) is 10.5. The number of thiocarbonyl (C=S) groups is 1. The fraction of sp³-hybridized carbons (Fsp3) is 0.200. The maximum atomic E-state index is 8.88. The maximum Gasteiger partial charge on any atom is 0.172 e. The van der Waals surface area contributed by atoms with Gasteiger partial charge in [-0.05, 0) is 24.4 Å². The molecule has 0 radical (unpaired) electrons. The highest BCUT2D eigenvalue weighted by atomic mass is 32.1. The number of anilines is 1. The van der Waals surface area contributed by atoms with Gasteiger partial charge >= 0.3 is 0 Å². The second-order valence-corrected chi connectivity index (χ2v) is 3.13. The lowest BCUT2D eigenvalue weighted by Crippen LogP contribution is -2.34. The van der Waals surface area contributed by atoms with E-state index in [-0.39, 0.29) is 0 Å². The van der Waals surface area contributed by atoms with Gasteiger partial charge in [0.15, 0.2) is 5.11 Å². The van der Waals surface area contributed by atoms with E-state index in [2.05, 4.69) is 11.4 Å². The van der Waals surface area contributed by atoms with Crippen molar-refractivity contribution in [2.24, 2.45) is 0 Å². The summed E-state index contributed by atoms with van der Waals surface area (Å²) >= 11 is 5.07. The van der Waals surface area contributed by atoms with Crippen LogP contribution in [-0.2, 0) is 0 Å². The molecule has 0 amide bonds.